The van der Waals surface area contributed by atoms with Gasteiger partial charge in [0, 0.05) is 24.0 Å². The average Bonchev–Trinajstić information content (AvgIpc) is 2.64. The summed E-state index contributed by atoms with van der Waals surface area (Å²) < 4.78 is 0. The molecule has 0 spiro atoms. The third kappa shape index (κ3) is 4.46. The topological polar surface area (TPSA) is 33.2 Å². The Labute approximate surface area is 146 Å². The molecule has 1 aliphatic carbocycles. The van der Waals surface area contributed by atoms with Gasteiger partial charge in [-0.25, -0.2) is 0 Å². The maximum atomic E-state index is 2.62. The fraction of sp³-hybridized carbons (Fsp3) is 0.455. The van der Waals surface area contributed by atoms with Gasteiger partial charge in [0.05, 0.1) is 0 Å². The highest BCUT2D eigenvalue weighted by atomic mass is 15.1. The number of rotatable bonds is 6. The van der Waals surface area contributed by atoms with Crippen molar-refractivity contribution in [3.63, 3.8) is 0 Å². The van der Waals surface area contributed by atoms with E-state index in [1.54, 1.807) is 0 Å². The third-order valence-electron chi connectivity index (χ3n) is 5.60. The molecule has 0 amide bonds. The van der Waals surface area contributed by atoms with Gasteiger partial charge in [-0.1, -0.05) is 60.7 Å². The van der Waals surface area contributed by atoms with Crippen LogP contribution < -0.4 is 10.6 Å². The van der Waals surface area contributed by atoms with Gasteiger partial charge in [-0.3, -0.25) is 0 Å². The molecule has 0 radical (unpaired) electrons. The molecule has 1 saturated carbocycles. The van der Waals surface area contributed by atoms with Crippen LogP contribution in [-0.4, -0.2) is 12.1 Å². The Morgan fingerprint density at radius 1 is 0.667 bits per heavy atom. The van der Waals surface area contributed by atoms with Gasteiger partial charge in [-0.2, -0.15) is 0 Å². The van der Waals surface area contributed by atoms with Gasteiger partial charge < -0.3 is 10.6 Å². The fourth-order valence-corrected chi connectivity index (χ4v) is 4.14. The molecule has 0 saturated heterocycles. The molecule has 2 nitrogen and oxygen atoms in total. The van der Waals surface area contributed by atoms with Crippen LogP contribution in [0.25, 0.3) is 0 Å². The van der Waals surface area contributed by atoms with Gasteiger partial charge in [-0.05, 0) is 26.7 Å². The molecule has 4 atom stereocenters. The molecule has 0 bridgehead atoms. The zero-order valence-electron chi connectivity index (χ0n) is 15.1. The van der Waals surface area contributed by atoms with Crippen LogP contribution in [0, 0.1) is 0 Å². The number of hydrogen-bond acceptors (Lipinski definition) is 0. The normalized spacial score (nSPS) is 23.6. The Bertz CT molecular complexity index is 540. The van der Waals surface area contributed by atoms with Gasteiger partial charge in [0.2, 0.25) is 0 Å². The molecule has 0 aliphatic heterocycles. The Kier molecular flexibility index (Phi) is 6.06. The first-order valence-corrected chi connectivity index (χ1v) is 9.54. The molecule has 2 heteroatoms. The highest BCUT2D eigenvalue weighted by Gasteiger charge is 2.33. The molecule has 128 valence electrons. The van der Waals surface area contributed by atoms with E-state index in [2.05, 4.69) is 85.1 Å². The third-order valence-corrected chi connectivity index (χ3v) is 5.60. The van der Waals surface area contributed by atoms with Gasteiger partial charge in [0.25, 0.3) is 0 Å². The van der Waals surface area contributed by atoms with E-state index >= 15 is 0 Å². The maximum absolute atomic E-state index is 2.62. The summed E-state index contributed by atoms with van der Waals surface area (Å²) in [6.45, 7) is 4.70. The molecule has 1 aliphatic rings. The second kappa shape index (κ2) is 8.46. The maximum Gasteiger partial charge on any atom is 0.139 e. The summed E-state index contributed by atoms with van der Waals surface area (Å²) in [6, 6.07) is 24.4. The quantitative estimate of drug-likeness (QED) is 0.819. The summed E-state index contributed by atoms with van der Waals surface area (Å²) in [4.78, 5) is 0. The van der Waals surface area contributed by atoms with Crippen molar-refractivity contribution in [2.75, 3.05) is 0 Å². The lowest BCUT2D eigenvalue weighted by Gasteiger charge is -2.31. The minimum atomic E-state index is 0.539. The summed E-state index contributed by atoms with van der Waals surface area (Å²) in [7, 11) is 0. The summed E-state index contributed by atoms with van der Waals surface area (Å²) in [5.74, 6) is 0. The van der Waals surface area contributed by atoms with Gasteiger partial charge in [0.15, 0.2) is 0 Å². The summed E-state index contributed by atoms with van der Waals surface area (Å²) in [6.07, 6.45) is 5.46. The van der Waals surface area contributed by atoms with Crippen molar-refractivity contribution < 1.29 is 10.6 Å². The Balaban J connectivity index is 1.63. The monoisotopic (exact) mass is 324 g/mol. The van der Waals surface area contributed by atoms with E-state index in [0.717, 1.165) is 12.1 Å². The second-order valence-corrected chi connectivity index (χ2v) is 7.40. The molecule has 2 aromatic carbocycles. The van der Waals surface area contributed by atoms with Gasteiger partial charge in [0.1, 0.15) is 24.2 Å². The number of hydrogen-bond donors (Lipinski definition) is 2. The van der Waals surface area contributed by atoms with Crippen LogP contribution in [0.5, 0.6) is 0 Å². The van der Waals surface area contributed by atoms with Gasteiger partial charge in [-0.15, -0.1) is 0 Å². The molecular formula is C22H32N2+2. The van der Waals surface area contributed by atoms with Crippen molar-refractivity contribution in [1.29, 1.82) is 0 Å². The van der Waals surface area contributed by atoms with Crippen LogP contribution in [0.4, 0.5) is 0 Å². The van der Waals surface area contributed by atoms with E-state index in [1.165, 1.54) is 36.8 Å². The zero-order chi connectivity index (χ0) is 16.8. The van der Waals surface area contributed by atoms with E-state index < -0.39 is 0 Å². The van der Waals surface area contributed by atoms with Gasteiger partial charge >= 0.3 is 0 Å². The lowest BCUT2D eigenvalue weighted by molar-refractivity contribution is -0.808. The minimum absolute atomic E-state index is 0.539. The van der Waals surface area contributed by atoms with E-state index in [9.17, 15) is 0 Å². The molecule has 0 aromatic heterocycles. The fourth-order valence-electron chi connectivity index (χ4n) is 4.14. The summed E-state index contributed by atoms with van der Waals surface area (Å²) in [5.41, 5.74) is 2.89. The molecule has 3 rings (SSSR count). The van der Waals surface area contributed by atoms with E-state index in [-0.39, 0.29) is 0 Å². The molecule has 1 fully saturated rings. The van der Waals surface area contributed by atoms with Crippen molar-refractivity contribution in [1.82, 2.24) is 0 Å². The predicted octanol–water partition coefficient (Wildman–Crippen LogP) is 2.95. The number of benzene rings is 2. The lowest BCUT2D eigenvalue weighted by atomic mass is 9.88. The van der Waals surface area contributed by atoms with E-state index in [0.29, 0.717) is 12.1 Å². The lowest BCUT2D eigenvalue weighted by Crippen LogP contribution is -3.04. The SMILES string of the molecule is C[C@@H]([NH2+][C@@H]1CCCC[C@H]1[NH2+][C@H](C)c1ccccc1)c1ccccc1. The molecule has 4 N–H and O–H groups in total. The van der Waals surface area contributed by atoms with Crippen molar-refractivity contribution in [2.45, 2.75) is 63.7 Å². The van der Waals surface area contributed by atoms with Crippen molar-refractivity contribution in [3.05, 3.63) is 71.8 Å². The molecule has 0 unspecified atom stereocenters. The second-order valence-electron chi connectivity index (χ2n) is 7.40. The summed E-state index contributed by atoms with van der Waals surface area (Å²) in [5, 5.41) is 5.24. The predicted molar refractivity (Wildman–Crippen MR) is 99.6 cm³/mol. The Hall–Kier alpha value is -1.64. The van der Waals surface area contributed by atoms with Crippen LogP contribution in [0.1, 0.15) is 62.7 Å². The van der Waals surface area contributed by atoms with Crippen molar-refractivity contribution >= 4 is 0 Å². The highest BCUT2D eigenvalue weighted by molar-refractivity contribution is 5.17. The van der Waals surface area contributed by atoms with Crippen molar-refractivity contribution in [2.24, 2.45) is 0 Å². The van der Waals surface area contributed by atoms with Crippen molar-refractivity contribution in [3.8, 4) is 0 Å². The molecule has 24 heavy (non-hydrogen) atoms. The first-order chi connectivity index (χ1) is 11.7. The first-order valence-electron chi connectivity index (χ1n) is 9.54. The average molecular weight is 325 g/mol. The Morgan fingerprint density at radius 3 is 1.42 bits per heavy atom. The van der Waals surface area contributed by atoms with Crippen LogP contribution in [0.2, 0.25) is 0 Å². The standard InChI is InChI=1S/C22H30N2/c1-17(19-11-5-3-6-12-19)23-21-15-9-10-16-22(21)24-18(2)20-13-7-4-8-14-20/h3-8,11-14,17-18,21-24H,9-10,15-16H2,1-2H3/p+2/t17-,18-,21-,22-/m1/s1. The Morgan fingerprint density at radius 2 is 1.04 bits per heavy atom. The van der Waals surface area contributed by atoms with E-state index in [4.69, 9.17) is 0 Å². The first kappa shape index (κ1) is 17.2. The molecule has 0 heterocycles. The number of quaternary nitrogens is 2. The van der Waals surface area contributed by atoms with E-state index in [1.807, 2.05) is 0 Å². The highest BCUT2D eigenvalue weighted by Crippen LogP contribution is 2.17. The smallest absolute Gasteiger partial charge is 0.139 e. The van der Waals surface area contributed by atoms with Crippen LogP contribution in [0.15, 0.2) is 60.7 Å². The minimum Gasteiger partial charge on any atom is -0.333 e. The zero-order valence-corrected chi connectivity index (χ0v) is 15.1. The van der Waals surface area contributed by atoms with Crippen LogP contribution >= 0.6 is 0 Å². The largest absolute Gasteiger partial charge is 0.333 e. The van der Waals surface area contributed by atoms with Crippen LogP contribution in [-0.2, 0) is 0 Å². The number of nitrogens with two attached hydrogens (primary N) is 2. The van der Waals surface area contributed by atoms with Crippen LogP contribution in [0.3, 0.4) is 0 Å². The summed E-state index contributed by atoms with van der Waals surface area (Å²) >= 11 is 0. The molecular weight excluding hydrogens is 292 g/mol. The molecule has 2 aromatic rings.